The molecule has 14 heteroatoms. The zero-order valence-electron chi connectivity index (χ0n) is 17.9. The molecular weight excluding hydrogens is 456 g/mol. The lowest BCUT2D eigenvalue weighted by atomic mass is 10.1. The number of carbonyl (C=O) groups is 2. The summed E-state index contributed by atoms with van der Waals surface area (Å²) < 4.78 is 22.1. The van der Waals surface area contributed by atoms with E-state index >= 15 is 0 Å². The number of benzene rings is 1. The number of aromatic carboxylic acids is 2. The van der Waals surface area contributed by atoms with Crippen molar-refractivity contribution in [1.82, 2.24) is 19.7 Å². The van der Waals surface area contributed by atoms with Crippen molar-refractivity contribution in [2.45, 2.75) is 26.2 Å². The highest BCUT2D eigenvalue weighted by molar-refractivity contribution is 7.77. The Labute approximate surface area is 192 Å². The third-order valence-electron chi connectivity index (χ3n) is 4.37. The molecule has 0 amide bonds. The normalized spacial score (nSPS) is 11.7. The van der Waals surface area contributed by atoms with Crippen LogP contribution in [0.25, 0.3) is 0 Å². The van der Waals surface area contributed by atoms with Gasteiger partial charge in [-0.3, -0.25) is 4.55 Å². The average Bonchev–Trinajstić information content (AvgIpc) is 2.76. The minimum absolute atomic E-state index is 0.0617. The number of carboxylic acid groups (broad SMARTS) is 2. The van der Waals surface area contributed by atoms with E-state index in [1.165, 1.54) is 12.1 Å². The first-order chi connectivity index (χ1) is 15.7. The number of nitrogens with one attached hydrogen (secondary N) is 2. The Morgan fingerprint density at radius 2 is 1.73 bits per heavy atom. The third-order valence-corrected chi connectivity index (χ3v) is 4.82. The Hall–Kier alpha value is -3.20. The summed E-state index contributed by atoms with van der Waals surface area (Å²) in [6.45, 7) is 2.26. The Morgan fingerprint density at radius 1 is 1.06 bits per heavy atom. The number of rotatable bonds is 14. The summed E-state index contributed by atoms with van der Waals surface area (Å²) in [5.41, 5.74) is -0.275. The molecule has 1 atom stereocenters. The van der Waals surface area contributed by atoms with Crippen LogP contribution in [0, 0.1) is 0 Å². The Balaban J connectivity index is 2.42. The van der Waals surface area contributed by atoms with Gasteiger partial charge < -0.3 is 25.5 Å². The molecule has 0 bridgehead atoms. The van der Waals surface area contributed by atoms with Gasteiger partial charge in [-0.15, -0.1) is 0 Å². The van der Waals surface area contributed by atoms with E-state index in [2.05, 4.69) is 25.0 Å². The molecule has 0 fully saturated rings. The van der Waals surface area contributed by atoms with Crippen LogP contribution in [0.4, 0.5) is 17.6 Å². The summed E-state index contributed by atoms with van der Waals surface area (Å²) in [6.07, 6.45) is 2.21. The molecule has 2 aromatic rings. The molecule has 13 nitrogen and oxygen atoms in total. The zero-order valence-corrected chi connectivity index (χ0v) is 18.7. The molecule has 0 aliphatic rings. The molecule has 1 aromatic carbocycles. The molecule has 0 aliphatic heterocycles. The van der Waals surface area contributed by atoms with Crippen molar-refractivity contribution in [3.63, 3.8) is 0 Å². The van der Waals surface area contributed by atoms with Crippen LogP contribution in [-0.2, 0) is 17.7 Å². The highest BCUT2D eigenvalue weighted by Gasteiger charge is 2.16. The second-order valence-electron chi connectivity index (χ2n) is 6.87. The standard InChI is InChI=1S/C19H26N6O7S/c1-2-3-4-15-22-18(21-14-10-12(16(27)28)9-13(11-14)17(29)30)24-19(23-15)25(7-8-26)6-5-20-33(31)32/h9-11,20,26H,2-8H2,1H3,(H,27,28)(H,29,30)(H,31,32)(H,21,22,23,24). The van der Waals surface area contributed by atoms with E-state index in [-0.39, 0.29) is 55.0 Å². The van der Waals surface area contributed by atoms with Crippen molar-refractivity contribution in [1.29, 1.82) is 0 Å². The van der Waals surface area contributed by atoms with Crippen LogP contribution >= 0.6 is 0 Å². The number of anilines is 3. The lowest BCUT2D eigenvalue weighted by Gasteiger charge is -2.22. The van der Waals surface area contributed by atoms with Gasteiger partial charge in [0, 0.05) is 31.7 Å². The molecule has 33 heavy (non-hydrogen) atoms. The highest BCUT2D eigenvalue weighted by Crippen LogP contribution is 2.20. The number of hydrogen-bond acceptors (Lipinski definition) is 9. The van der Waals surface area contributed by atoms with Crippen molar-refractivity contribution in [2.24, 2.45) is 0 Å². The van der Waals surface area contributed by atoms with Gasteiger partial charge in [0.25, 0.3) is 0 Å². The summed E-state index contributed by atoms with van der Waals surface area (Å²) in [5.74, 6) is -1.87. The minimum Gasteiger partial charge on any atom is -0.478 e. The number of aryl methyl sites for hydroxylation is 1. The first kappa shape index (κ1) is 26.1. The summed E-state index contributed by atoms with van der Waals surface area (Å²) in [5, 5.41) is 30.8. The Kier molecular flexibility index (Phi) is 10.1. The lowest BCUT2D eigenvalue weighted by molar-refractivity contribution is 0.0696. The smallest absolute Gasteiger partial charge is 0.335 e. The fraction of sp³-hybridized carbons (Fsp3) is 0.421. The largest absolute Gasteiger partial charge is 0.478 e. The Bertz CT molecular complexity index is 974. The van der Waals surface area contributed by atoms with Gasteiger partial charge in [-0.05, 0) is 24.6 Å². The van der Waals surface area contributed by atoms with Gasteiger partial charge in [-0.1, -0.05) is 13.3 Å². The van der Waals surface area contributed by atoms with Crippen LogP contribution in [-0.4, -0.2) is 77.2 Å². The van der Waals surface area contributed by atoms with Crippen LogP contribution in [0.1, 0.15) is 46.3 Å². The molecule has 1 aromatic heterocycles. The minimum atomic E-state index is -2.19. The fourth-order valence-electron chi connectivity index (χ4n) is 2.83. The van der Waals surface area contributed by atoms with Crippen molar-refractivity contribution < 1.29 is 33.7 Å². The molecule has 0 radical (unpaired) electrons. The maximum atomic E-state index is 11.4. The van der Waals surface area contributed by atoms with E-state index in [9.17, 15) is 29.1 Å². The highest BCUT2D eigenvalue weighted by atomic mass is 32.2. The number of carboxylic acids is 2. The van der Waals surface area contributed by atoms with E-state index < -0.39 is 23.2 Å². The molecule has 0 saturated heterocycles. The van der Waals surface area contributed by atoms with E-state index in [1.807, 2.05) is 6.92 Å². The van der Waals surface area contributed by atoms with Crippen molar-refractivity contribution in [3.05, 3.63) is 35.2 Å². The van der Waals surface area contributed by atoms with E-state index in [1.54, 1.807) is 4.90 Å². The first-order valence-corrected chi connectivity index (χ1v) is 11.2. The number of aliphatic hydroxyl groups excluding tert-OH is 1. The molecule has 0 aliphatic carbocycles. The van der Waals surface area contributed by atoms with Crippen molar-refractivity contribution in [3.8, 4) is 0 Å². The van der Waals surface area contributed by atoms with Gasteiger partial charge in [-0.25, -0.2) is 18.5 Å². The molecule has 180 valence electrons. The van der Waals surface area contributed by atoms with Crippen molar-refractivity contribution >= 4 is 40.8 Å². The maximum absolute atomic E-state index is 11.4. The molecule has 6 N–H and O–H groups in total. The monoisotopic (exact) mass is 482 g/mol. The van der Waals surface area contributed by atoms with Crippen LogP contribution in [0.5, 0.6) is 0 Å². The summed E-state index contributed by atoms with van der Waals surface area (Å²) in [7, 11) is 0. The quantitative estimate of drug-likeness (QED) is 0.208. The van der Waals surface area contributed by atoms with Gasteiger partial charge in [0.05, 0.1) is 17.7 Å². The van der Waals surface area contributed by atoms with E-state index in [0.29, 0.717) is 12.2 Å². The maximum Gasteiger partial charge on any atom is 0.335 e. The Morgan fingerprint density at radius 3 is 2.27 bits per heavy atom. The van der Waals surface area contributed by atoms with Crippen LogP contribution in [0.3, 0.4) is 0 Å². The van der Waals surface area contributed by atoms with Crippen LogP contribution < -0.4 is 14.9 Å². The summed E-state index contributed by atoms with van der Waals surface area (Å²) >= 11 is -2.19. The van der Waals surface area contributed by atoms with E-state index in [0.717, 1.165) is 18.9 Å². The SMILES string of the molecule is CCCCc1nc(Nc2cc(C(=O)O)cc(C(=O)O)c2)nc(N(CCO)CCNS(=O)O)n1. The van der Waals surface area contributed by atoms with Gasteiger partial charge >= 0.3 is 11.9 Å². The van der Waals surface area contributed by atoms with Gasteiger partial charge in [0.15, 0.2) is 0 Å². The van der Waals surface area contributed by atoms with Crippen molar-refractivity contribution in [2.75, 3.05) is 36.5 Å². The summed E-state index contributed by atoms with van der Waals surface area (Å²) in [4.78, 5) is 37.4. The summed E-state index contributed by atoms with van der Waals surface area (Å²) in [6, 6.07) is 3.56. The number of aliphatic hydroxyl groups is 1. The third kappa shape index (κ3) is 8.34. The fourth-order valence-corrected chi connectivity index (χ4v) is 3.09. The first-order valence-electron chi connectivity index (χ1n) is 10.1. The van der Waals surface area contributed by atoms with Gasteiger partial charge in [-0.2, -0.15) is 15.0 Å². The van der Waals surface area contributed by atoms with Gasteiger partial charge in [0.2, 0.25) is 23.2 Å². The molecule has 0 spiro atoms. The van der Waals surface area contributed by atoms with E-state index in [4.69, 9.17) is 4.55 Å². The predicted molar refractivity (Wildman–Crippen MR) is 120 cm³/mol. The average molecular weight is 483 g/mol. The second kappa shape index (κ2) is 12.7. The number of hydrogen-bond donors (Lipinski definition) is 6. The van der Waals surface area contributed by atoms with Crippen LogP contribution in [0.2, 0.25) is 0 Å². The number of aromatic nitrogens is 3. The molecule has 1 unspecified atom stereocenters. The lowest BCUT2D eigenvalue weighted by Crippen LogP contribution is -2.36. The topological polar surface area (TPSA) is 198 Å². The number of nitrogens with zero attached hydrogens (tertiary/aromatic N) is 4. The van der Waals surface area contributed by atoms with Crippen LogP contribution in [0.15, 0.2) is 18.2 Å². The predicted octanol–water partition coefficient (Wildman–Crippen LogP) is 0.879. The zero-order chi connectivity index (χ0) is 24.4. The van der Waals surface area contributed by atoms with Gasteiger partial charge in [0.1, 0.15) is 5.82 Å². The molecule has 0 saturated carbocycles. The molecule has 1 heterocycles. The molecule has 2 rings (SSSR count). The molecular formula is C19H26N6O7S. The second-order valence-corrected chi connectivity index (χ2v) is 7.65. The number of unbranched alkanes of at least 4 members (excludes halogenated alkanes) is 1.